The SMILES string of the molecule is COc1cc(Cl)cc(C(=O)N2[C@@H](c3ccccc3Cl)CC[C@H]2C(=O)O)c1. The van der Waals surface area contributed by atoms with Crippen LogP contribution in [0, 0.1) is 0 Å². The summed E-state index contributed by atoms with van der Waals surface area (Å²) in [4.78, 5) is 26.3. The number of hydrogen-bond donors (Lipinski definition) is 1. The lowest BCUT2D eigenvalue weighted by atomic mass is 10.0. The summed E-state index contributed by atoms with van der Waals surface area (Å²) in [5.41, 5.74) is 1.01. The topological polar surface area (TPSA) is 66.8 Å². The average molecular weight is 394 g/mol. The number of carboxylic acid groups (broad SMARTS) is 1. The Kier molecular flexibility index (Phi) is 5.39. The molecule has 0 spiro atoms. The van der Waals surface area contributed by atoms with Gasteiger partial charge in [0.15, 0.2) is 0 Å². The number of aliphatic carboxylic acids is 1. The number of methoxy groups -OCH3 is 1. The Morgan fingerprint density at radius 1 is 1.15 bits per heavy atom. The summed E-state index contributed by atoms with van der Waals surface area (Å²) in [6.45, 7) is 0. The van der Waals surface area contributed by atoms with Crippen molar-refractivity contribution < 1.29 is 19.4 Å². The Labute approximate surface area is 161 Å². The molecule has 0 bridgehead atoms. The number of halogens is 2. The van der Waals surface area contributed by atoms with Crippen LogP contribution in [0.2, 0.25) is 10.0 Å². The van der Waals surface area contributed by atoms with Gasteiger partial charge in [0.2, 0.25) is 0 Å². The summed E-state index contributed by atoms with van der Waals surface area (Å²) >= 11 is 12.4. The van der Waals surface area contributed by atoms with Crippen molar-refractivity contribution in [3.63, 3.8) is 0 Å². The lowest BCUT2D eigenvalue weighted by Gasteiger charge is -2.29. The van der Waals surface area contributed by atoms with Gasteiger partial charge < -0.3 is 14.7 Å². The molecule has 1 N–H and O–H groups in total. The predicted molar refractivity (Wildman–Crippen MR) is 99.0 cm³/mol. The zero-order valence-corrected chi connectivity index (χ0v) is 15.5. The van der Waals surface area contributed by atoms with Gasteiger partial charge in [0, 0.05) is 15.6 Å². The van der Waals surface area contributed by atoms with Crippen LogP contribution >= 0.6 is 23.2 Å². The minimum Gasteiger partial charge on any atom is -0.497 e. The first-order valence-corrected chi connectivity index (χ1v) is 8.82. The molecule has 136 valence electrons. The van der Waals surface area contributed by atoms with Gasteiger partial charge in [-0.15, -0.1) is 0 Å². The minimum atomic E-state index is -1.04. The van der Waals surface area contributed by atoms with Crippen LogP contribution in [0.1, 0.15) is 34.8 Å². The van der Waals surface area contributed by atoms with Crippen molar-refractivity contribution in [3.8, 4) is 5.75 Å². The molecule has 3 rings (SSSR count). The van der Waals surface area contributed by atoms with Gasteiger partial charge in [-0.3, -0.25) is 4.79 Å². The number of carbonyl (C=O) groups is 2. The molecule has 1 aliphatic heterocycles. The Morgan fingerprint density at radius 2 is 1.88 bits per heavy atom. The van der Waals surface area contributed by atoms with Crippen molar-refractivity contribution in [1.82, 2.24) is 4.90 Å². The molecule has 1 aliphatic rings. The molecule has 1 amide bonds. The third-order valence-electron chi connectivity index (χ3n) is 4.52. The lowest BCUT2D eigenvalue weighted by molar-refractivity contribution is -0.141. The summed E-state index contributed by atoms with van der Waals surface area (Å²) in [5, 5.41) is 10.4. The van der Waals surface area contributed by atoms with Crippen molar-refractivity contribution in [2.45, 2.75) is 24.9 Å². The number of ether oxygens (including phenoxy) is 1. The van der Waals surface area contributed by atoms with E-state index in [9.17, 15) is 14.7 Å². The molecule has 7 heteroatoms. The van der Waals surface area contributed by atoms with Gasteiger partial charge in [0.1, 0.15) is 11.8 Å². The van der Waals surface area contributed by atoms with E-state index >= 15 is 0 Å². The van der Waals surface area contributed by atoms with E-state index in [1.165, 1.54) is 18.1 Å². The number of rotatable bonds is 4. The van der Waals surface area contributed by atoms with Crippen LogP contribution in [-0.4, -0.2) is 35.0 Å². The van der Waals surface area contributed by atoms with Gasteiger partial charge in [0.25, 0.3) is 5.91 Å². The van der Waals surface area contributed by atoms with Crippen LogP contribution < -0.4 is 4.74 Å². The van der Waals surface area contributed by atoms with Gasteiger partial charge in [-0.2, -0.15) is 0 Å². The Balaban J connectivity index is 2.04. The monoisotopic (exact) mass is 393 g/mol. The number of amides is 1. The molecule has 1 saturated heterocycles. The highest BCUT2D eigenvalue weighted by atomic mass is 35.5. The van der Waals surface area contributed by atoms with Crippen LogP contribution in [0.4, 0.5) is 0 Å². The van der Waals surface area contributed by atoms with Crippen molar-refractivity contribution in [1.29, 1.82) is 0 Å². The second-order valence-corrected chi connectivity index (χ2v) is 6.90. The van der Waals surface area contributed by atoms with E-state index in [1.807, 2.05) is 12.1 Å². The van der Waals surface area contributed by atoms with Crippen molar-refractivity contribution in [2.24, 2.45) is 0 Å². The van der Waals surface area contributed by atoms with Gasteiger partial charge in [0.05, 0.1) is 13.2 Å². The second-order valence-electron chi connectivity index (χ2n) is 6.06. The molecular weight excluding hydrogens is 377 g/mol. The summed E-state index contributed by atoms with van der Waals surface area (Å²) in [5.74, 6) is -1.02. The molecular formula is C19H17Cl2NO4. The van der Waals surface area contributed by atoms with Crippen molar-refractivity contribution in [2.75, 3.05) is 7.11 Å². The summed E-state index contributed by atoms with van der Waals surface area (Å²) in [7, 11) is 1.47. The van der Waals surface area contributed by atoms with Gasteiger partial charge in [-0.05, 0) is 42.7 Å². The quantitative estimate of drug-likeness (QED) is 0.833. The maximum absolute atomic E-state index is 13.2. The van der Waals surface area contributed by atoms with Gasteiger partial charge in [-0.25, -0.2) is 4.79 Å². The molecule has 5 nitrogen and oxygen atoms in total. The van der Waals surface area contributed by atoms with Crippen LogP contribution in [0.15, 0.2) is 42.5 Å². The number of hydrogen-bond acceptors (Lipinski definition) is 3. The Hall–Kier alpha value is -2.24. The number of carbonyl (C=O) groups excluding carboxylic acids is 1. The largest absolute Gasteiger partial charge is 0.497 e. The Morgan fingerprint density at radius 3 is 2.54 bits per heavy atom. The van der Waals surface area contributed by atoms with Crippen molar-refractivity contribution >= 4 is 35.1 Å². The highest BCUT2D eigenvalue weighted by Crippen LogP contribution is 2.40. The molecule has 1 heterocycles. The van der Waals surface area contributed by atoms with Crippen molar-refractivity contribution in [3.05, 3.63) is 63.6 Å². The second kappa shape index (κ2) is 7.56. The molecule has 2 aromatic carbocycles. The van der Waals surface area contributed by atoms with E-state index in [-0.39, 0.29) is 5.56 Å². The number of benzene rings is 2. The number of carboxylic acids is 1. The molecule has 0 unspecified atom stereocenters. The number of likely N-dealkylation sites (tertiary alicyclic amines) is 1. The van der Waals surface area contributed by atoms with E-state index in [2.05, 4.69) is 0 Å². The third kappa shape index (κ3) is 3.50. The fourth-order valence-corrected chi connectivity index (χ4v) is 3.83. The zero-order chi connectivity index (χ0) is 18.8. The molecule has 0 aromatic heterocycles. The first kappa shape index (κ1) is 18.5. The van der Waals surface area contributed by atoms with E-state index in [1.54, 1.807) is 24.3 Å². The van der Waals surface area contributed by atoms with Gasteiger partial charge in [-0.1, -0.05) is 41.4 Å². The van der Waals surface area contributed by atoms with Gasteiger partial charge >= 0.3 is 5.97 Å². The van der Waals surface area contributed by atoms with Crippen LogP contribution in [-0.2, 0) is 4.79 Å². The molecule has 0 saturated carbocycles. The molecule has 0 aliphatic carbocycles. The highest BCUT2D eigenvalue weighted by molar-refractivity contribution is 6.31. The van der Waals surface area contributed by atoms with Crippen LogP contribution in [0.5, 0.6) is 5.75 Å². The first-order chi connectivity index (χ1) is 12.4. The van der Waals surface area contributed by atoms with E-state index in [0.717, 1.165) is 5.56 Å². The van der Waals surface area contributed by atoms with E-state index in [0.29, 0.717) is 28.6 Å². The molecule has 2 aromatic rings. The minimum absolute atomic E-state index is 0.277. The fourth-order valence-electron chi connectivity index (χ4n) is 3.34. The third-order valence-corrected chi connectivity index (χ3v) is 5.09. The lowest BCUT2D eigenvalue weighted by Crippen LogP contribution is -2.41. The summed E-state index contributed by atoms with van der Waals surface area (Å²) < 4.78 is 5.16. The smallest absolute Gasteiger partial charge is 0.326 e. The fraction of sp³-hybridized carbons (Fsp3) is 0.263. The summed E-state index contributed by atoms with van der Waals surface area (Å²) in [6.07, 6.45) is 0.874. The Bertz CT molecular complexity index is 855. The predicted octanol–water partition coefficient (Wildman–Crippen LogP) is 4.43. The van der Waals surface area contributed by atoms with Crippen LogP contribution in [0.25, 0.3) is 0 Å². The first-order valence-electron chi connectivity index (χ1n) is 8.07. The van der Waals surface area contributed by atoms with E-state index in [4.69, 9.17) is 27.9 Å². The normalized spacial score (nSPS) is 19.4. The average Bonchev–Trinajstić information content (AvgIpc) is 3.05. The highest BCUT2D eigenvalue weighted by Gasteiger charge is 2.42. The van der Waals surface area contributed by atoms with Crippen LogP contribution in [0.3, 0.4) is 0 Å². The number of nitrogens with zero attached hydrogens (tertiary/aromatic N) is 1. The zero-order valence-electron chi connectivity index (χ0n) is 14.0. The molecule has 26 heavy (non-hydrogen) atoms. The molecule has 1 fully saturated rings. The summed E-state index contributed by atoms with van der Waals surface area (Å²) in [6, 6.07) is 10.5. The van der Waals surface area contributed by atoms with E-state index < -0.39 is 24.0 Å². The maximum atomic E-state index is 13.2. The molecule has 0 radical (unpaired) electrons. The standard InChI is InChI=1S/C19H17Cl2NO4/c1-26-13-9-11(8-12(20)10-13)18(23)22-16(6-7-17(22)19(24)25)14-4-2-3-5-15(14)21/h2-5,8-10,16-17H,6-7H2,1H3,(H,24,25)/t16-,17+/m1/s1. The maximum Gasteiger partial charge on any atom is 0.326 e. The molecule has 2 atom stereocenters.